The van der Waals surface area contributed by atoms with Crippen molar-refractivity contribution in [3.8, 4) is 0 Å². The molecule has 1 N–H and O–H groups in total. The van der Waals surface area contributed by atoms with Crippen molar-refractivity contribution in [1.82, 2.24) is 20.0 Å². The predicted octanol–water partition coefficient (Wildman–Crippen LogP) is 3.22. The van der Waals surface area contributed by atoms with Crippen LogP contribution in [0.2, 0.25) is 5.02 Å². The maximum absolute atomic E-state index is 6.48. The molecule has 0 bridgehead atoms. The van der Waals surface area contributed by atoms with Gasteiger partial charge in [-0.2, -0.15) is 5.10 Å². The summed E-state index contributed by atoms with van der Waals surface area (Å²) in [5, 5.41) is 9.08. The smallest absolute Gasteiger partial charge is 0.0860 e. The molecule has 1 aromatic rings. The Labute approximate surface area is 133 Å². The molecule has 5 heteroatoms. The van der Waals surface area contributed by atoms with E-state index in [1.165, 1.54) is 6.42 Å². The minimum Gasteiger partial charge on any atom is -0.310 e. The van der Waals surface area contributed by atoms with Gasteiger partial charge in [0.05, 0.1) is 16.4 Å². The summed E-state index contributed by atoms with van der Waals surface area (Å²) in [6, 6.07) is 0.558. The molecule has 0 aliphatic carbocycles. The predicted molar refractivity (Wildman–Crippen MR) is 88.8 cm³/mol. The molecule has 2 atom stereocenters. The first-order valence-corrected chi connectivity index (χ1v) is 8.49. The highest BCUT2D eigenvalue weighted by Gasteiger charge is 2.31. The van der Waals surface area contributed by atoms with Crippen LogP contribution in [0.25, 0.3) is 0 Å². The average Bonchev–Trinajstić information content (AvgIpc) is 2.64. The number of nitrogens with one attached hydrogen (secondary N) is 1. The standard InChI is InChI=1S/C16H29ClN4/c1-6-16(5)11-20(12(3)8-9-18-16)10-14-15(17)13(4)19-21(14)7-2/h12,18H,6-11H2,1-5H3. The molecule has 1 aromatic heterocycles. The fraction of sp³-hybridized carbons (Fsp3) is 0.812. The maximum atomic E-state index is 6.48. The van der Waals surface area contributed by atoms with Crippen molar-refractivity contribution in [3.63, 3.8) is 0 Å². The van der Waals surface area contributed by atoms with Crippen LogP contribution in [-0.2, 0) is 13.1 Å². The van der Waals surface area contributed by atoms with Crippen molar-refractivity contribution in [2.24, 2.45) is 0 Å². The van der Waals surface area contributed by atoms with E-state index in [9.17, 15) is 0 Å². The maximum Gasteiger partial charge on any atom is 0.0860 e. The van der Waals surface area contributed by atoms with E-state index in [-0.39, 0.29) is 5.54 Å². The third-order valence-electron chi connectivity index (χ3n) is 4.88. The van der Waals surface area contributed by atoms with Gasteiger partial charge in [-0.05, 0) is 47.1 Å². The van der Waals surface area contributed by atoms with Gasteiger partial charge in [-0.25, -0.2) is 0 Å². The molecule has 21 heavy (non-hydrogen) atoms. The molecule has 2 rings (SSSR count). The number of halogens is 1. The number of hydrogen-bond acceptors (Lipinski definition) is 3. The van der Waals surface area contributed by atoms with Crippen LogP contribution in [0.4, 0.5) is 0 Å². The Morgan fingerprint density at radius 2 is 2.14 bits per heavy atom. The molecule has 1 saturated heterocycles. The van der Waals surface area contributed by atoms with Crippen LogP contribution in [-0.4, -0.2) is 39.4 Å². The second-order valence-electron chi connectivity index (χ2n) is 6.55. The van der Waals surface area contributed by atoms with E-state index in [0.717, 1.165) is 49.0 Å². The summed E-state index contributed by atoms with van der Waals surface area (Å²) in [5.41, 5.74) is 2.28. The van der Waals surface area contributed by atoms with E-state index in [1.54, 1.807) is 0 Å². The van der Waals surface area contributed by atoms with Crippen molar-refractivity contribution in [3.05, 3.63) is 16.4 Å². The molecule has 2 heterocycles. The lowest BCUT2D eigenvalue weighted by atomic mass is 9.98. The molecule has 1 aliphatic rings. The number of nitrogens with zero attached hydrogens (tertiary/aromatic N) is 3. The SMILES string of the molecule is CCn1nc(C)c(Cl)c1CN1CC(C)(CC)NCCC1C. The zero-order valence-corrected chi connectivity index (χ0v) is 14.8. The van der Waals surface area contributed by atoms with Gasteiger partial charge in [0.25, 0.3) is 0 Å². The Balaban J connectivity index is 2.23. The Hall–Kier alpha value is -0.580. The third kappa shape index (κ3) is 3.61. The normalized spacial score (nSPS) is 27.8. The van der Waals surface area contributed by atoms with E-state index in [1.807, 2.05) is 11.6 Å². The summed E-state index contributed by atoms with van der Waals surface area (Å²) >= 11 is 6.48. The van der Waals surface area contributed by atoms with Crippen LogP contribution in [0.1, 0.15) is 51.9 Å². The minimum absolute atomic E-state index is 0.184. The highest BCUT2D eigenvalue weighted by molar-refractivity contribution is 6.31. The van der Waals surface area contributed by atoms with Gasteiger partial charge in [-0.3, -0.25) is 9.58 Å². The molecule has 0 radical (unpaired) electrons. The molecule has 0 aromatic carbocycles. The van der Waals surface area contributed by atoms with E-state index < -0.39 is 0 Å². The summed E-state index contributed by atoms with van der Waals surface area (Å²) in [6.07, 6.45) is 2.31. The number of rotatable bonds is 4. The molecule has 120 valence electrons. The van der Waals surface area contributed by atoms with Crippen LogP contribution >= 0.6 is 11.6 Å². The average molecular weight is 313 g/mol. The lowest BCUT2D eigenvalue weighted by Gasteiger charge is -2.35. The Morgan fingerprint density at radius 3 is 2.76 bits per heavy atom. The van der Waals surface area contributed by atoms with E-state index >= 15 is 0 Å². The number of hydrogen-bond donors (Lipinski definition) is 1. The van der Waals surface area contributed by atoms with Gasteiger partial charge in [0, 0.05) is 31.2 Å². The van der Waals surface area contributed by atoms with Gasteiger partial charge in [0.15, 0.2) is 0 Å². The highest BCUT2D eigenvalue weighted by Crippen LogP contribution is 2.26. The van der Waals surface area contributed by atoms with Gasteiger partial charge in [0.2, 0.25) is 0 Å². The van der Waals surface area contributed by atoms with Crippen molar-refractivity contribution in [2.45, 2.75) is 72.1 Å². The Bertz CT molecular complexity index is 485. The fourth-order valence-electron chi connectivity index (χ4n) is 3.09. The molecule has 0 amide bonds. The molecular formula is C16H29ClN4. The van der Waals surface area contributed by atoms with Gasteiger partial charge in [-0.15, -0.1) is 0 Å². The number of aryl methyl sites for hydroxylation is 2. The van der Waals surface area contributed by atoms with Gasteiger partial charge >= 0.3 is 0 Å². The summed E-state index contributed by atoms with van der Waals surface area (Å²) in [4.78, 5) is 2.55. The molecular weight excluding hydrogens is 284 g/mol. The van der Waals surface area contributed by atoms with E-state index in [4.69, 9.17) is 11.6 Å². The van der Waals surface area contributed by atoms with Crippen LogP contribution in [0.15, 0.2) is 0 Å². The molecule has 2 unspecified atom stereocenters. The molecule has 1 fully saturated rings. The van der Waals surface area contributed by atoms with Crippen molar-refractivity contribution in [1.29, 1.82) is 0 Å². The lowest BCUT2D eigenvalue weighted by Crippen LogP contribution is -2.49. The largest absolute Gasteiger partial charge is 0.310 e. The highest BCUT2D eigenvalue weighted by atomic mass is 35.5. The van der Waals surface area contributed by atoms with Gasteiger partial charge < -0.3 is 5.32 Å². The van der Waals surface area contributed by atoms with Crippen LogP contribution in [0.3, 0.4) is 0 Å². The van der Waals surface area contributed by atoms with Crippen LogP contribution in [0, 0.1) is 6.92 Å². The Morgan fingerprint density at radius 1 is 1.43 bits per heavy atom. The molecule has 0 spiro atoms. The summed E-state index contributed by atoms with van der Waals surface area (Å²) in [6.45, 7) is 14.9. The first-order valence-electron chi connectivity index (χ1n) is 8.11. The third-order valence-corrected chi connectivity index (χ3v) is 5.37. The zero-order chi connectivity index (χ0) is 15.6. The molecule has 0 saturated carbocycles. The summed E-state index contributed by atoms with van der Waals surface area (Å²) in [7, 11) is 0. The van der Waals surface area contributed by atoms with Gasteiger partial charge in [-0.1, -0.05) is 18.5 Å². The van der Waals surface area contributed by atoms with E-state index in [2.05, 4.69) is 43.0 Å². The monoisotopic (exact) mass is 312 g/mol. The first kappa shape index (κ1) is 16.8. The van der Waals surface area contributed by atoms with Crippen LogP contribution < -0.4 is 5.32 Å². The van der Waals surface area contributed by atoms with Crippen LogP contribution in [0.5, 0.6) is 0 Å². The first-order chi connectivity index (χ1) is 9.90. The molecule has 1 aliphatic heterocycles. The lowest BCUT2D eigenvalue weighted by molar-refractivity contribution is 0.159. The topological polar surface area (TPSA) is 33.1 Å². The second kappa shape index (κ2) is 6.67. The molecule has 4 nitrogen and oxygen atoms in total. The zero-order valence-electron chi connectivity index (χ0n) is 14.0. The Kier molecular flexibility index (Phi) is 5.33. The quantitative estimate of drug-likeness (QED) is 0.926. The van der Waals surface area contributed by atoms with Crippen molar-refractivity contribution < 1.29 is 0 Å². The summed E-state index contributed by atoms with van der Waals surface area (Å²) < 4.78 is 2.05. The number of aromatic nitrogens is 2. The fourth-order valence-corrected chi connectivity index (χ4v) is 3.28. The van der Waals surface area contributed by atoms with Crippen molar-refractivity contribution in [2.75, 3.05) is 13.1 Å². The minimum atomic E-state index is 0.184. The second-order valence-corrected chi connectivity index (χ2v) is 6.92. The van der Waals surface area contributed by atoms with Crippen molar-refractivity contribution >= 4 is 11.6 Å². The van der Waals surface area contributed by atoms with Gasteiger partial charge in [0.1, 0.15) is 0 Å². The summed E-state index contributed by atoms with van der Waals surface area (Å²) in [5.74, 6) is 0. The van der Waals surface area contributed by atoms with E-state index in [0.29, 0.717) is 6.04 Å².